The number of aromatic nitrogens is 2. The lowest BCUT2D eigenvalue weighted by Crippen LogP contribution is -2.73. The molecule has 2 aromatic carbocycles. The Kier molecular flexibility index (Phi) is 9.24. The smallest absolute Gasteiger partial charge is 0.327 e. The summed E-state index contributed by atoms with van der Waals surface area (Å²) in [6, 6.07) is 14.8. The van der Waals surface area contributed by atoms with Crippen molar-refractivity contribution >= 4 is 17.8 Å². The number of imide groups is 1. The van der Waals surface area contributed by atoms with Gasteiger partial charge >= 0.3 is 6.03 Å². The molecule has 9 nitrogen and oxygen atoms in total. The molecule has 3 N–H and O–H groups in total. The molecule has 212 valence electrons. The molecule has 0 aliphatic carbocycles. The number of aryl methyl sites for hydroxylation is 1. The summed E-state index contributed by atoms with van der Waals surface area (Å²) >= 11 is 0. The van der Waals surface area contributed by atoms with E-state index in [9.17, 15) is 14.4 Å². The molecule has 4 rings (SSSR count). The first-order valence-corrected chi connectivity index (χ1v) is 14.0. The van der Waals surface area contributed by atoms with Crippen molar-refractivity contribution in [1.82, 2.24) is 25.5 Å². The quantitative estimate of drug-likeness (QED) is 0.271. The molecule has 1 aliphatic heterocycles. The zero-order valence-electron chi connectivity index (χ0n) is 23.7. The van der Waals surface area contributed by atoms with Crippen molar-refractivity contribution in [1.29, 1.82) is 0 Å². The highest BCUT2D eigenvalue weighted by Gasteiger charge is 2.63. The summed E-state index contributed by atoms with van der Waals surface area (Å²) in [5, 5.41) is 5.97. The van der Waals surface area contributed by atoms with E-state index < -0.39 is 17.7 Å². The van der Waals surface area contributed by atoms with E-state index in [0.717, 1.165) is 35.2 Å². The van der Waals surface area contributed by atoms with Gasteiger partial charge in [0.15, 0.2) is 6.23 Å². The predicted octanol–water partition coefficient (Wildman–Crippen LogP) is 5.18. The van der Waals surface area contributed by atoms with Crippen molar-refractivity contribution in [3.63, 3.8) is 0 Å². The van der Waals surface area contributed by atoms with E-state index >= 15 is 0 Å². The number of carbonyl (C=O) groups excluding carboxylic acids is 3. The molecule has 3 aromatic rings. The summed E-state index contributed by atoms with van der Waals surface area (Å²) in [4.78, 5) is 47.1. The number of urea groups is 1. The summed E-state index contributed by atoms with van der Waals surface area (Å²) < 4.78 is 6.31. The molecule has 0 unspecified atom stereocenters. The molecule has 2 atom stereocenters. The Bertz CT molecular complexity index is 1280. The van der Waals surface area contributed by atoms with Gasteiger partial charge in [0.2, 0.25) is 11.8 Å². The van der Waals surface area contributed by atoms with Gasteiger partial charge in [-0.2, -0.15) is 0 Å². The van der Waals surface area contributed by atoms with Crippen LogP contribution in [0.25, 0.3) is 0 Å². The monoisotopic (exact) mass is 545 g/mol. The number of imidazole rings is 1. The van der Waals surface area contributed by atoms with Gasteiger partial charge in [0, 0.05) is 18.4 Å². The van der Waals surface area contributed by atoms with Gasteiger partial charge in [0.1, 0.15) is 11.2 Å². The normalized spacial score (nSPS) is 16.6. The lowest BCUT2D eigenvalue weighted by atomic mass is 9.72. The molecule has 0 saturated carbocycles. The molecular weight excluding hydrogens is 506 g/mol. The summed E-state index contributed by atoms with van der Waals surface area (Å²) in [7, 11) is 0. The van der Waals surface area contributed by atoms with E-state index in [1.54, 1.807) is 24.7 Å². The van der Waals surface area contributed by atoms with Gasteiger partial charge in [-0.25, -0.2) is 14.7 Å². The number of hydrogen-bond acceptors (Lipinski definition) is 5. The predicted molar refractivity (Wildman–Crippen MR) is 152 cm³/mol. The third kappa shape index (κ3) is 6.19. The van der Waals surface area contributed by atoms with E-state index in [4.69, 9.17) is 4.74 Å². The lowest BCUT2D eigenvalue weighted by Gasteiger charge is -2.53. The standard InChI is InChI=1S/C31H39N5O4/c1-5-8-26(23-13-9-21(4)10-14-23)35-30(39)36-28(38)31(6-2,7-3)29(36)40-25-15-11-22(12-16-25)18-33-27(37)17-24-19-32-20-34-24/h9-16,19-20,26,29H,5-8,17-18H2,1-4H3,(H,32,34)(H,33,37)(H,35,39)/t26-,29+/m1/s1. The Balaban J connectivity index is 1.43. The van der Waals surface area contributed by atoms with Gasteiger partial charge in [0.05, 0.1) is 18.8 Å². The molecule has 0 bridgehead atoms. The van der Waals surface area contributed by atoms with Crippen LogP contribution in [0.1, 0.15) is 74.9 Å². The molecule has 1 saturated heterocycles. The fourth-order valence-corrected chi connectivity index (χ4v) is 5.16. The van der Waals surface area contributed by atoms with E-state index in [2.05, 4.69) is 27.5 Å². The number of nitrogens with zero attached hydrogens (tertiary/aromatic N) is 2. The lowest BCUT2D eigenvalue weighted by molar-refractivity contribution is -0.191. The maximum Gasteiger partial charge on any atom is 0.327 e. The highest BCUT2D eigenvalue weighted by molar-refractivity contribution is 6.03. The van der Waals surface area contributed by atoms with Crippen LogP contribution >= 0.6 is 0 Å². The van der Waals surface area contributed by atoms with Gasteiger partial charge in [0.25, 0.3) is 0 Å². The number of nitrogens with one attached hydrogen (secondary N) is 3. The third-order valence-electron chi connectivity index (χ3n) is 7.75. The van der Waals surface area contributed by atoms with Crippen molar-refractivity contribution in [3.8, 4) is 5.75 Å². The number of likely N-dealkylation sites (tertiary alicyclic amines) is 1. The number of amides is 4. The van der Waals surface area contributed by atoms with Crippen molar-refractivity contribution < 1.29 is 19.1 Å². The molecule has 4 amide bonds. The van der Waals surface area contributed by atoms with E-state index in [-0.39, 0.29) is 24.3 Å². The SMILES string of the molecule is CCC[C@@H](NC(=O)N1C(=O)C(CC)(CC)[C@@H]1Oc1ccc(CNC(=O)Cc2cnc[nH]2)cc1)c1ccc(C)cc1. The topological polar surface area (TPSA) is 116 Å². The van der Waals surface area contributed by atoms with Crippen LogP contribution in [0.4, 0.5) is 4.79 Å². The van der Waals surface area contributed by atoms with Gasteiger partial charge in [-0.1, -0.05) is 69.2 Å². The Hall–Kier alpha value is -4.14. The maximum atomic E-state index is 13.5. The fraction of sp³-hybridized carbons (Fsp3) is 0.419. The van der Waals surface area contributed by atoms with Crippen LogP contribution in [0.15, 0.2) is 61.1 Å². The highest BCUT2D eigenvalue weighted by atomic mass is 16.5. The summed E-state index contributed by atoms with van der Waals surface area (Å²) in [5.41, 5.74) is 3.05. The van der Waals surface area contributed by atoms with Gasteiger partial charge in [-0.3, -0.25) is 9.59 Å². The largest absolute Gasteiger partial charge is 0.469 e. The Morgan fingerprint density at radius 1 is 1.07 bits per heavy atom. The highest BCUT2D eigenvalue weighted by Crippen LogP contribution is 2.46. The summed E-state index contributed by atoms with van der Waals surface area (Å²) in [6.45, 7) is 8.37. The minimum absolute atomic E-state index is 0.109. The Morgan fingerprint density at radius 3 is 2.38 bits per heavy atom. The second-order valence-corrected chi connectivity index (χ2v) is 10.4. The molecule has 2 heterocycles. The Labute approximate surface area is 235 Å². The summed E-state index contributed by atoms with van der Waals surface area (Å²) in [6.07, 6.45) is 5.46. The molecule has 0 spiro atoms. The second-order valence-electron chi connectivity index (χ2n) is 10.4. The van der Waals surface area contributed by atoms with Crippen LogP contribution in [0.2, 0.25) is 0 Å². The minimum atomic E-state index is -0.763. The zero-order chi connectivity index (χ0) is 28.7. The molecule has 9 heteroatoms. The van der Waals surface area contributed by atoms with Crippen LogP contribution in [-0.2, 0) is 22.6 Å². The molecule has 1 aliphatic rings. The molecule has 40 heavy (non-hydrogen) atoms. The number of aromatic amines is 1. The van der Waals surface area contributed by atoms with Crippen LogP contribution in [0.5, 0.6) is 5.75 Å². The number of carbonyl (C=O) groups is 3. The minimum Gasteiger partial charge on any atom is -0.469 e. The van der Waals surface area contributed by atoms with Crippen LogP contribution in [0.3, 0.4) is 0 Å². The number of H-pyrrole nitrogens is 1. The maximum absolute atomic E-state index is 13.5. The number of benzene rings is 2. The first-order valence-electron chi connectivity index (χ1n) is 14.0. The molecule has 1 aromatic heterocycles. The van der Waals surface area contributed by atoms with Crippen LogP contribution in [0, 0.1) is 12.3 Å². The van der Waals surface area contributed by atoms with Gasteiger partial charge in [-0.05, 0) is 49.4 Å². The second kappa shape index (κ2) is 12.8. The van der Waals surface area contributed by atoms with Gasteiger partial charge < -0.3 is 20.4 Å². The average Bonchev–Trinajstić information content (AvgIpc) is 3.46. The van der Waals surface area contributed by atoms with Crippen molar-refractivity contribution in [2.24, 2.45) is 5.41 Å². The van der Waals surface area contributed by atoms with Gasteiger partial charge in [-0.15, -0.1) is 0 Å². The first kappa shape index (κ1) is 28.9. The van der Waals surface area contributed by atoms with Crippen molar-refractivity contribution in [3.05, 3.63) is 83.4 Å². The molecule has 0 radical (unpaired) electrons. The van der Waals surface area contributed by atoms with E-state index in [1.807, 2.05) is 57.2 Å². The average molecular weight is 546 g/mol. The van der Waals surface area contributed by atoms with Crippen LogP contribution < -0.4 is 15.4 Å². The number of ether oxygens (including phenoxy) is 1. The van der Waals surface area contributed by atoms with Crippen LogP contribution in [-0.4, -0.2) is 38.9 Å². The van der Waals surface area contributed by atoms with Crippen molar-refractivity contribution in [2.75, 3.05) is 0 Å². The first-order chi connectivity index (χ1) is 19.3. The molecule has 1 fully saturated rings. The third-order valence-corrected chi connectivity index (χ3v) is 7.75. The number of rotatable bonds is 12. The van der Waals surface area contributed by atoms with E-state index in [1.165, 1.54) is 4.90 Å². The summed E-state index contributed by atoms with van der Waals surface area (Å²) in [5.74, 6) is 0.232. The molecular formula is C31H39N5O4. The Morgan fingerprint density at radius 2 is 1.77 bits per heavy atom. The number of β-lactam (4-membered cyclic amide) rings is 1. The van der Waals surface area contributed by atoms with Crippen molar-refractivity contribution in [2.45, 2.75) is 78.6 Å². The zero-order valence-corrected chi connectivity index (χ0v) is 23.7. The number of hydrogen-bond donors (Lipinski definition) is 3. The fourth-order valence-electron chi connectivity index (χ4n) is 5.16. The van der Waals surface area contributed by atoms with E-state index in [0.29, 0.717) is 25.1 Å².